The SMILES string of the molecule is CCCCC[C@@H](/C=C/[C@@H]1[C@H]2C/C=C\CCCC(=O)O[C@H]2C[C@H]1O[Si](C)(C)C(C)(C)C)O[Si](C)(C)C(C)(C)C. The maximum absolute atomic E-state index is 12.7. The summed E-state index contributed by atoms with van der Waals surface area (Å²) in [5.74, 6) is 0.399. The molecule has 0 N–H and O–H groups in total. The fraction of sp³-hybridized carbons (Fsp3) is 0.844. The highest BCUT2D eigenvalue weighted by Crippen LogP contribution is 2.46. The first kappa shape index (κ1) is 33.5. The number of unbranched alkanes of at least 4 members (excludes halogenated alkanes) is 2. The highest BCUT2D eigenvalue weighted by molar-refractivity contribution is 6.74. The van der Waals surface area contributed by atoms with E-state index in [2.05, 4.69) is 99.0 Å². The predicted octanol–water partition coefficient (Wildman–Crippen LogP) is 9.58. The third-order valence-corrected chi connectivity index (χ3v) is 18.6. The van der Waals surface area contributed by atoms with Crippen molar-refractivity contribution in [1.29, 1.82) is 0 Å². The lowest BCUT2D eigenvalue weighted by molar-refractivity contribution is -0.151. The van der Waals surface area contributed by atoms with Crippen molar-refractivity contribution in [3.63, 3.8) is 0 Å². The molecule has 2 aliphatic rings. The van der Waals surface area contributed by atoms with Crippen LogP contribution in [0.3, 0.4) is 0 Å². The Balaban J connectivity index is 2.41. The van der Waals surface area contributed by atoms with Crippen molar-refractivity contribution in [2.24, 2.45) is 11.8 Å². The second-order valence-electron chi connectivity index (χ2n) is 14.8. The summed E-state index contributed by atoms with van der Waals surface area (Å²) in [5, 5.41) is 0.300. The van der Waals surface area contributed by atoms with Gasteiger partial charge in [-0.3, -0.25) is 4.79 Å². The monoisotopic (exact) mass is 564 g/mol. The van der Waals surface area contributed by atoms with Gasteiger partial charge in [-0.25, -0.2) is 0 Å². The van der Waals surface area contributed by atoms with Crippen molar-refractivity contribution >= 4 is 22.6 Å². The third-order valence-electron chi connectivity index (χ3n) is 9.62. The first-order chi connectivity index (χ1) is 17.5. The van der Waals surface area contributed by atoms with Crippen LogP contribution in [0.2, 0.25) is 36.3 Å². The van der Waals surface area contributed by atoms with E-state index in [1.807, 2.05) is 0 Å². The molecule has 1 saturated carbocycles. The molecule has 5 atom stereocenters. The Morgan fingerprint density at radius 2 is 1.68 bits per heavy atom. The number of fused-ring (bicyclic) bond motifs is 1. The third kappa shape index (κ3) is 9.45. The summed E-state index contributed by atoms with van der Waals surface area (Å²) >= 11 is 0. The zero-order valence-corrected chi connectivity index (χ0v) is 28.7. The van der Waals surface area contributed by atoms with Crippen molar-refractivity contribution in [2.45, 2.75) is 161 Å². The lowest BCUT2D eigenvalue weighted by Gasteiger charge is -2.40. The molecule has 1 fully saturated rings. The molecule has 1 heterocycles. The molecule has 1 aliphatic carbocycles. The van der Waals surface area contributed by atoms with Crippen LogP contribution in [-0.4, -0.2) is 40.9 Å². The minimum Gasteiger partial charge on any atom is -0.462 e. The van der Waals surface area contributed by atoms with E-state index < -0.39 is 16.6 Å². The maximum Gasteiger partial charge on any atom is 0.306 e. The lowest BCUT2D eigenvalue weighted by Crippen LogP contribution is -2.45. The average molecular weight is 565 g/mol. The Morgan fingerprint density at radius 1 is 1.03 bits per heavy atom. The van der Waals surface area contributed by atoms with Crippen molar-refractivity contribution in [3.05, 3.63) is 24.3 Å². The summed E-state index contributed by atoms with van der Waals surface area (Å²) in [4.78, 5) is 12.7. The van der Waals surface area contributed by atoms with Crippen molar-refractivity contribution < 1.29 is 18.4 Å². The fourth-order valence-electron chi connectivity index (χ4n) is 5.04. The van der Waals surface area contributed by atoms with Crippen LogP contribution < -0.4 is 0 Å². The number of ether oxygens (including phenoxy) is 1. The van der Waals surface area contributed by atoms with Crippen molar-refractivity contribution in [2.75, 3.05) is 0 Å². The van der Waals surface area contributed by atoms with Crippen LogP contribution in [0.5, 0.6) is 0 Å². The molecule has 0 aromatic heterocycles. The number of carbonyl (C=O) groups is 1. The first-order valence-corrected chi connectivity index (χ1v) is 21.2. The molecule has 4 nitrogen and oxygen atoms in total. The standard InChI is InChI=1S/C32H60O4Si2/c1-12-13-16-19-25(35-37(8,9)31(2,3)4)22-23-27-26-20-17-14-15-18-21-30(33)34-28(26)24-29(27)36-38(10,11)32(5,6)7/h14,17,22-23,25-29H,12-13,15-16,18-21,24H2,1-11H3/b17-14-,23-22+/t25-,26+,27+,28-,29+/m0/s1. The molecular formula is C32H60O4Si2. The molecule has 1 aliphatic heterocycles. The van der Waals surface area contributed by atoms with Gasteiger partial charge in [0.25, 0.3) is 0 Å². The quantitative estimate of drug-likeness (QED) is 0.115. The summed E-state index contributed by atoms with van der Waals surface area (Å²) in [6.07, 6.45) is 18.1. The van der Waals surface area contributed by atoms with Crippen LogP contribution in [0.1, 0.15) is 106 Å². The van der Waals surface area contributed by atoms with E-state index in [-0.39, 0.29) is 46.2 Å². The van der Waals surface area contributed by atoms with Gasteiger partial charge in [0.2, 0.25) is 0 Å². The lowest BCUT2D eigenvalue weighted by atomic mass is 9.89. The number of hydrogen-bond acceptors (Lipinski definition) is 4. The number of rotatable bonds is 10. The molecule has 0 aromatic carbocycles. The van der Waals surface area contributed by atoms with E-state index in [4.69, 9.17) is 13.6 Å². The predicted molar refractivity (Wildman–Crippen MR) is 167 cm³/mol. The zero-order valence-electron chi connectivity index (χ0n) is 26.7. The van der Waals surface area contributed by atoms with Crippen LogP contribution in [-0.2, 0) is 18.4 Å². The van der Waals surface area contributed by atoms with Gasteiger partial charge in [0.05, 0.1) is 12.2 Å². The summed E-state index contributed by atoms with van der Waals surface area (Å²) in [6, 6.07) is 0. The first-order valence-electron chi connectivity index (χ1n) is 15.4. The van der Waals surface area contributed by atoms with Gasteiger partial charge >= 0.3 is 5.97 Å². The molecule has 6 heteroatoms. The Labute approximate surface area is 237 Å². The normalized spacial score (nSPS) is 27.7. The molecule has 0 spiro atoms. The van der Waals surface area contributed by atoms with Gasteiger partial charge in [-0.1, -0.05) is 92.0 Å². The minimum atomic E-state index is -2.00. The zero-order chi connectivity index (χ0) is 28.8. The molecule has 0 saturated heterocycles. The van der Waals surface area contributed by atoms with Gasteiger partial charge in [0.1, 0.15) is 6.10 Å². The molecule has 220 valence electrons. The van der Waals surface area contributed by atoms with Crippen molar-refractivity contribution in [1.82, 2.24) is 0 Å². The van der Waals surface area contributed by atoms with Gasteiger partial charge < -0.3 is 13.6 Å². The Kier molecular flexibility index (Phi) is 12.2. The number of esters is 1. The van der Waals surface area contributed by atoms with Crippen LogP contribution >= 0.6 is 0 Å². The molecule has 0 bridgehead atoms. The van der Waals surface area contributed by atoms with Gasteiger partial charge in [-0.05, 0) is 61.9 Å². The maximum atomic E-state index is 12.7. The summed E-state index contributed by atoms with van der Waals surface area (Å²) in [5.41, 5.74) is 0. The Bertz CT molecular complexity index is 803. The van der Waals surface area contributed by atoms with E-state index in [0.29, 0.717) is 6.42 Å². The van der Waals surface area contributed by atoms with Crippen LogP contribution in [0.15, 0.2) is 24.3 Å². The molecule has 38 heavy (non-hydrogen) atoms. The summed E-state index contributed by atoms with van der Waals surface area (Å²) in [7, 11) is -3.91. The van der Waals surface area contributed by atoms with E-state index in [1.54, 1.807) is 0 Å². The van der Waals surface area contributed by atoms with Crippen molar-refractivity contribution in [3.8, 4) is 0 Å². The molecule has 0 radical (unpaired) electrons. The molecule has 0 aromatic rings. The average Bonchev–Trinajstić information content (AvgIpc) is 3.07. The highest BCUT2D eigenvalue weighted by atomic mass is 28.4. The van der Waals surface area contributed by atoms with Crippen LogP contribution in [0, 0.1) is 11.8 Å². The van der Waals surface area contributed by atoms with E-state index >= 15 is 0 Å². The molecular weight excluding hydrogens is 505 g/mol. The molecule has 0 amide bonds. The highest BCUT2D eigenvalue weighted by Gasteiger charge is 2.48. The van der Waals surface area contributed by atoms with Crippen LogP contribution in [0.4, 0.5) is 0 Å². The van der Waals surface area contributed by atoms with Crippen LogP contribution in [0.25, 0.3) is 0 Å². The van der Waals surface area contributed by atoms with Gasteiger partial charge in [-0.2, -0.15) is 0 Å². The second-order valence-corrected chi connectivity index (χ2v) is 24.3. The van der Waals surface area contributed by atoms with Gasteiger partial charge in [0, 0.05) is 24.7 Å². The summed E-state index contributed by atoms with van der Waals surface area (Å²) in [6.45, 7) is 25.5. The van der Waals surface area contributed by atoms with Gasteiger partial charge in [0.15, 0.2) is 16.6 Å². The Morgan fingerprint density at radius 3 is 2.29 bits per heavy atom. The number of carbonyl (C=O) groups excluding carboxylic acids is 1. The number of hydrogen-bond donors (Lipinski definition) is 0. The van der Waals surface area contributed by atoms with E-state index in [0.717, 1.165) is 32.1 Å². The molecule has 0 unspecified atom stereocenters. The second kappa shape index (κ2) is 13.8. The smallest absolute Gasteiger partial charge is 0.306 e. The Hall–Kier alpha value is -0.696. The van der Waals surface area contributed by atoms with E-state index in [1.165, 1.54) is 19.3 Å². The van der Waals surface area contributed by atoms with E-state index in [9.17, 15) is 4.79 Å². The summed E-state index contributed by atoms with van der Waals surface area (Å²) < 4.78 is 20.2. The number of allylic oxidation sites excluding steroid dienone is 2. The minimum absolute atomic E-state index is 0.0512. The molecule has 2 rings (SSSR count). The largest absolute Gasteiger partial charge is 0.462 e. The van der Waals surface area contributed by atoms with Gasteiger partial charge in [-0.15, -0.1) is 0 Å². The topological polar surface area (TPSA) is 44.8 Å². The fourth-order valence-corrected chi connectivity index (χ4v) is 7.71.